The van der Waals surface area contributed by atoms with Gasteiger partial charge in [0.2, 0.25) is 5.91 Å². The summed E-state index contributed by atoms with van der Waals surface area (Å²) in [4.78, 5) is 12.0. The molecular weight excluding hydrogens is 254 g/mol. The van der Waals surface area contributed by atoms with E-state index < -0.39 is 0 Å². The molecule has 0 atom stereocenters. The molecule has 1 amide bonds. The molecule has 1 heterocycles. The molecule has 20 heavy (non-hydrogen) atoms. The summed E-state index contributed by atoms with van der Waals surface area (Å²) in [5.41, 5.74) is 2.63. The van der Waals surface area contributed by atoms with Gasteiger partial charge in [-0.2, -0.15) is 0 Å². The number of aryl methyl sites for hydroxylation is 1. The Hall–Kier alpha value is -1.39. The third-order valence-corrected chi connectivity index (χ3v) is 3.88. The molecule has 4 heteroatoms. The van der Waals surface area contributed by atoms with Crippen molar-refractivity contribution in [2.45, 2.75) is 39.2 Å². The van der Waals surface area contributed by atoms with Crippen molar-refractivity contribution in [1.82, 2.24) is 0 Å². The van der Waals surface area contributed by atoms with Crippen LogP contribution in [-0.2, 0) is 16.1 Å². The van der Waals surface area contributed by atoms with E-state index in [1.807, 2.05) is 25.1 Å². The quantitative estimate of drug-likeness (QED) is 0.870. The average Bonchev–Trinajstić information content (AvgIpc) is 2.48. The number of nitrogens with one attached hydrogen (secondary N) is 1. The number of hydrogen-bond donors (Lipinski definition) is 2. The van der Waals surface area contributed by atoms with E-state index in [9.17, 15) is 4.79 Å². The summed E-state index contributed by atoms with van der Waals surface area (Å²) in [6, 6.07) is 5.62. The van der Waals surface area contributed by atoms with Crippen LogP contribution in [0.15, 0.2) is 18.2 Å². The molecule has 1 aromatic rings. The van der Waals surface area contributed by atoms with Crippen LogP contribution in [0.5, 0.6) is 0 Å². The third kappa shape index (κ3) is 4.32. The highest BCUT2D eigenvalue weighted by Crippen LogP contribution is 2.21. The normalized spacial score (nSPS) is 16.1. The van der Waals surface area contributed by atoms with Crippen molar-refractivity contribution < 1.29 is 14.6 Å². The number of rotatable bonds is 5. The molecule has 4 nitrogen and oxygen atoms in total. The molecule has 0 radical (unpaired) electrons. The average molecular weight is 277 g/mol. The minimum Gasteiger partial charge on any atom is -0.392 e. The SMILES string of the molecule is Cc1ccc(CO)cc1NC(=O)CCC1CCOCC1. The number of aliphatic hydroxyl groups is 1. The Labute approximate surface area is 120 Å². The van der Waals surface area contributed by atoms with Crippen molar-refractivity contribution in [3.05, 3.63) is 29.3 Å². The summed E-state index contributed by atoms with van der Waals surface area (Å²) in [6.07, 6.45) is 3.60. The van der Waals surface area contributed by atoms with Crippen molar-refractivity contribution in [1.29, 1.82) is 0 Å². The van der Waals surface area contributed by atoms with Gasteiger partial charge in [-0.15, -0.1) is 0 Å². The Bertz CT molecular complexity index is 453. The van der Waals surface area contributed by atoms with Crippen LogP contribution in [0.25, 0.3) is 0 Å². The highest BCUT2D eigenvalue weighted by molar-refractivity contribution is 5.91. The number of ether oxygens (including phenoxy) is 1. The van der Waals surface area contributed by atoms with Gasteiger partial charge in [0.25, 0.3) is 0 Å². The van der Waals surface area contributed by atoms with Gasteiger partial charge in [0.15, 0.2) is 0 Å². The first-order valence-corrected chi connectivity index (χ1v) is 7.27. The van der Waals surface area contributed by atoms with Crippen LogP contribution in [-0.4, -0.2) is 24.2 Å². The fourth-order valence-corrected chi connectivity index (χ4v) is 2.49. The minimum absolute atomic E-state index is 0.00871. The first-order chi connectivity index (χ1) is 9.69. The number of anilines is 1. The Morgan fingerprint density at radius 2 is 2.15 bits per heavy atom. The van der Waals surface area contributed by atoms with E-state index in [1.165, 1.54) is 0 Å². The fourth-order valence-electron chi connectivity index (χ4n) is 2.49. The second-order valence-electron chi connectivity index (χ2n) is 5.45. The highest BCUT2D eigenvalue weighted by atomic mass is 16.5. The van der Waals surface area contributed by atoms with Crippen LogP contribution in [0, 0.1) is 12.8 Å². The molecule has 0 unspecified atom stereocenters. The third-order valence-electron chi connectivity index (χ3n) is 3.88. The molecule has 0 aromatic heterocycles. The maximum atomic E-state index is 12.0. The second kappa shape index (κ2) is 7.41. The van der Waals surface area contributed by atoms with Crippen LogP contribution < -0.4 is 5.32 Å². The molecular formula is C16H23NO3. The van der Waals surface area contributed by atoms with E-state index in [2.05, 4.69) is 5.32 Å². The number of benzene rings is 1. The Balaban J connectivity index is 1.84. The zero-order valence-electron chi connectivity index (χ0n) is 12.0. The lowest BCUT2D eigenvalue weighted by atomic mass is 9.95. The number of hydrogen-bond acceptors (Lipinski definition) is 3. The largest absolute Gasteiger partial charge is 0.392 e. The summed E-state index contributed by atoms with van der Waals surface area (Å²) in [5.74, 6) is 0.661. The van der Waals surface area contributed by atoms with Crippen LogP contribution in [0.2, 0.25) is 0 Å². The van der Waals surface area contributed by atoms with Gasteiger partial charge in [0.1, 0.15) is 0 Å². The maximum Gasteiger partial charge on any atom is 0.224 e. The Morgan fingerprint density at radius 3 is 2.85 bits per heavy atom. The predicted octanol–water partition coefficient (Wildman–Crippen LogP) is 2.63. The lowest BCUT2D eigenvalue weighted by Gasteiger charge is -2.21. The van der Waals surface area contributed by atoms with Crippen molar-refractivity contribution in [2.75, 3.05) is 18.5 Å². The van der Waals surface area contributed by atoms with Gasteiger partial charge in [-0.1, -0.05) is 12.1 Å². The lowest BCUT2D eigenvalue weighted by Crippen LogP contribution is -2.19. The maximum absolute atomic E-state index is 12.0. The predicted molar refractivity (Wildman–Crippen MR) is 78.5 cm³/mol. The second-order valence-corrected chi connectivity index (χ2v) is 5.45. The van der Waals surface area contributed by atoms with Gasteiger partial charge in [-0.25, -0.2) is 0 Å². The molecule has 2 rings (SSSR count). The van der Waals surface area contributed by atoms with Crippen LogP contribution in [0.4, 0.5) is 5.69 Å². The van der Waals surface area contributed by atoms with Gasteiger partial charge in [-0.3, -0.25) is 4.79 Å². The van der Waals surface area contributed by atoms with E-state index >= 15 is 0 Å². The molecule has 1 saturated heterocycles. The van der Waals surface area contributed by atoms with Gasteiger partial charge < -0.3 is 15.2 Å². The highest BCUT2D eigenvalue weighted by Gasteiger charge is 2.15. The van der Waals surface area contributed by atoms with Gasteiger partial charge in [0, 0.05) is 25.3 Å². The standard InChI is InChI=1S/C16H23NO3/c1-12-2-3-14(11-18)10-15(12)17-16(19)5-4-13-6-8-20-9-7-13/h2-3,10,13,18H,4-9,11H2,1H3,(H,17,19). The monoisotopic (exact) mass is 277 g/mol. The van der Waals surface area contributed by atoms with Crippen LogP contribution in [0.3, 0.4) is 0 Å². The van der Waals surface area contributed by atoms with Crippen molar-refractivity contribution in [3.8, 4) is 0 Å². The van der Waals surface area contributed by atoms with Crippen molar-refractivity contribution >= 4 is 11.6 Å². The zero-order chi connectivity index (χ0) is 14.4. The van der Waals surface area contributed by atoms with Crippen LogP contribution >= 0.6 is 0 Å². The Kier molecular flexibility index (Phi) is 5.56. The fraction of sp³-hybridized carbons (Fsp3) is 0.562. The topological polar surface area (TPSA) is 58.6 Å². The van der Waals surface area contributed by atoms with Crippen molar-refractivity contribution in [2.24, 2.45) is 5.92 Å². The van der Waals surface area contributed by atoms with Crippen molar-refractivity contribution in [3.63, 3.8) is 0 Å². The Morgan fingerprint density at radius 1 is 1.40 bits per heavy atom. The number of carbonyl (C=O) groups is 1. The number of amides is 1. The summed E-state index contributed by atoms with van der Waals surface area (Å²) >= 11 is 0. The van der Waals surface area contributed by atoms with Crippen LogP contribution in [0.1, 0.15) is 36.8 Å². The zero-order valence-corrected chi connectivity index (χ0v) is 12.0. The van der Waals surface area contributed by atoms with E-state index in [4.69, 9.17) is 9.84 Å². The summed E-state index contributed by atoms with van der Waals surface area (Å²) in [7, 11) is 0. The number of aliphatic hydroxyl groups excluding tert-OH is 1. The number of carbonyl (C=O) groups excluding carboxylic acids is 1. The smallest absolute Gasteiger partial charge is 0.224 e. The molecule has 0 spiro atoms. The minimum atomic E-state index is -0.00871. The van der Waals surface area contributed by atoms with E-state index in [0.29, 0.717) is 12.3 Å². The molecule has 0 aliphatic carbocycles. The van der Waals surface area contributed by atoms with E-state index in [-0.39, 0.29) is 12.5 Å². The molecule has 1 fully saturated rings. The molecule has 0 saturated carbocycles. The first kappa shape index (κ1) is 15.0. The first-order valence-electron chi connectivity index (χ1n) is 7.27. The summed E-state index contributed by atoms with van der Waals surface area (Å²) in [6.45, 7) is 3.59. The molecule has 2 N–H and O–H groups in total. The lowest BCUT2D eigenvalue weighted by molar-refractivity contribution is -0.116. The molecule has 1 aliphatic heterocycles. The van der Waals surface area contributed by atoms with Gasteiger partial charge in [-0.05, 0) is 49.3 Å². The summed E-state index contributed by atoms with van der Waals surface area (Å²) < 4.78 is 5.32. The molecule has 1 aromatic carbocycles. The van der Waals surface area contributed by atoms with E-state index in [1.54, 1.807) is 0 Å². The van der Waals surface area contributed by atoms with Gasteiger partial charge >= 0.3 is 0 Å². The van der Waals surface area contributed by atoms with Gasteiger partial charge in [0.05, 0.1) is 6.61 Å². The van der Waals surface area contributed by atoms with E-state index in [0.717, 1.165) is 49.3 Å². The molecule has 1 aliphatic rings. The molecule has 110 valence electrons. The molecule has 0 bridgehead atoms. The summed E-state index contributed by atoms with van der Waals surface area (Å²) in [5, 5.41) is 12.1.